The molecule has 118 valence electrons. The van der Waals surface area contributed by atoms with Crippen molar-refractivity contribution in [1.82, 2.24) is 10.1 Å². The summed E-state index contributed by atoms with van der Waals surface area (Å²) < 4.78 is 11.1. The standard InChI is InChI=1S/C20H16N2O2/c1-13-19-20(24-22-13)16(15-10-6-7-11-18(15)23-2)12-17(21-19)14-8-4-3-5-9-14/h3-12H,1-2H3. The van der Waals surface area contributed by atoms with Gasteiger partial charge in [0, 0.05) is 16.7 Å². The minimum absolute atomic E-state index is 0.677. The van der Waals surface area contributed by atoms with E-state index >= 15 is 0 Å². The number of nitrogens with zero attached hydrogens (tertiary/aromatic N) is 2. The van der Waals surface area contributed by atoms with Crippen LogP contribution < -0.4 is 4.74 Å². The van der Waals surface area contributed by atoms with Gasteiger partial charge < -0.3 is 9.26 Å². The Morgan fingerprint density at radius 1 is 0.917 bits per heavy atom. The summed E-state index contributed by atoms with van der Waals surface area (Å²) in [7, 11) is 1.67. The highest BCUT2D eigenvalue weighted by molar-refractivity contribution is 5.95. The number of benzene rings is 2. The van der Waals surface area contributed by atoms with Crippen LogP contribution >= 0.6 is 0 Å². The number of methoxy groups -OCH3 is 1. The molecular formula is C20H16N2O2. The molecule has 2 heterocycles. The van der Waals surface area contributed by atoms with Gasteiger partial charge in [0.15, 0.2) is 5.58 Å². The van der Waals surface area contributed by atoms with Crippen molar-refractivity contribution in [2.45, 2.75) is 6.92 Å². The average Bonchev–Trinajstić information content (AvgIpc) is 3.03. The predicted molar refractivity (Wildman–Crippen MR) is 94.0 cm³/mol. The van der Waals surface area contributed by atoms with E-state index in [2.05, 4.69) is 5.16 Å². The first-order valence-electron chi connectivity index (χ1n) is 7.74. The molecule has 0 radical (unpaired) electrons. The maximum Gasteiger partial charge on any atom is 0.193 e. The third-order valence-electron chi connectivity index (χ3n) is 4.06. The smallest absolute Gasteiger partial charge is 0.193 e. The monoisotopic (exact) mass is 316 g/mol. The van der Waals surface area contributed by atoms with Gasteiger partial charge in [0.25, 0.3) is 0 Å². The molecule has 0 amide bonds. The molecule has 0 fully saturated rings. The molecule has 0 N–H and O–H groups in total. The average molecular weight is 316 g/mol. The maximum absolute atomic E-state index is 5.56. The molecule has 0 aliphatic carbocycles. The summed E-state index contributed by atoms with van der Waals surface area (Å²) >= 11 is 0. The highest BCUT2D eigenvalue weighted by Gasteiger charge is 2.17. The number of hydrogen-bond donors (Lipinski definition) is 0. The number of hydrogen-bond acceptors (Lipinski definition) is 4. The van der Waals surface area contributed by atoms with Gasteiger partial charge in [-0.3, -0.25) is 0 Å². The van der Waals surface area contributed by atoms with Crippen LogP contribution in [0.3, 0.4) is 0 Å². The fraction of sp³-hybridized carbons (Fsp3) is 0.100. The molecule has 4 nitrogen and oxygen atoms in total. The van der Waals surface area contributed by atoms with Crippen LogP contribution in [0.1, 0.15) is 5.69 Å². The van der Waals surface area contributed by atoms with E-state index in [4.69, 9.17) is 14.2 Å². The number of aromatic nitrogens is 2. The van der Waals surface area contributed by atoms with Crippen molar-refractivity contribution < 1.29 is 9.26 Å². The first-order chi connectivity index (χ1) is 11.8. The van der Waals surface area contributed by atoms with Crippen molar-refractivity contribution in [1.29, 1.82) is 0 Å². The minimum Gasteiger partial charge on any atom is -0.496 e. The van der Waals surface area contributed by atoms with Crippen molar-refractivity contribution >= 4 is 11.1 Å². The van der Waals surface area contributed by atoms with Gasteiger partial charge in [0.05, 0.1) is 12.8 Å². The summed E-state index contributed by atoms with van der Waals surface area (Å²) in [6.45, 7) is 1.90. The van der Waals surface area contributed by atoms with Crippen LogP contribution in [0.5, 0.6) is 5.75 Å². The predicted octanol–water partition coefficient (Wildman–Crippen LogP) is 4.87. The summed E-state index contributed by atoms with van der Waals surface area (Å²) in [5.74, 6) is 0.790. The van der Waals surface area contributed by atoms with Crippen LogP contribution in [0.15, 0.2) is 65.2 Å². The minimum atomic E-state index is 0.677. The van der Waals surface area contributed by atoms with E-state index in [9.17, 15) is 0 Å². The quantitative estimate of drug-likeness (QED) is 0.541. The number of para-hydroxylation sites is 1. The number of rotatable bonds is 3. The topological polar surface area (TPSA) is 48.2 Å². The van der Waals surface area contributed by atoms with Gasteiger partial charge in [0.1, 0.15) is 17.0 Å². The van der Waals surface area contributed by atoms with E-state index in [1.54, 1.807) is 7.11 Å². The Bertz CT molecular complexity index is 1010. The Labute approximate surface area is 139 Å². The number of pyridine rings is 1. The molecule has 2 aromatic heterocycles. The lowest BCUT2D eigenvalue weighted by atomic mass is 10.0. The molecule has 0 saturated heterocycles. The van der Waals surface area contributed by atoms with Crippen LogP contribution in [0.25, 0.3) is 33.5 Å². The van der Waals surface area contributed by atoms with Crippen LogP contribution in [0, 0.1) is 6.92 Å². The largest absolute Gasteiger partial charge is 0.496 e. The Kier molecular flexibility index (Phi) is 3.50. The lowest BCUT2D eigenvalue weighted by molar-refractivity contribution is 0.416. The molecule has 0 bridgehead atoms. The SMILES string of the molecule is COc1ccccc1-c1cc(-c2ccccc2)nc2c(C)noc12. The van der Waals surface area contributed by atoms with Crippen LogP contribution in [0.4, 0.5) is 0 Å². The fourth-order valence-corrected chi connectivity index (χ4v) is 2.85. The molecule has 0 saturated carbocycles. The third kappa shape index (κ3) is 2.33. The van der Waals surface area contributed by atoms with Crippen molar-refractivity contribution in [3.63, 3.8) is 0 Å². The highest BCUT2D eigenvalue weighted by atomic mass is 16.5. The van der Waals surface area contributed by atoms with Gasteiger partial charge in [-0.2, -0.15) is 0 Å². The van der Waals surface area contributed by atoms with E-state index in [0.29, 0.717) is 5.58 Å². The Hall–Kier alpha value is -3.14. The second-order valence-corrected chi connectivity index (χ2v) is 5.57. The van der Waals surface area contributed by atoms with E-state index < -0.39 is 0 Å². The normalized spacial score (nSPS) is 10.9. The molecule has 4 heteroatoms. The van der Waals surface area contributed by atoms with Gasteiger partial charge in [-0.05, 0) is 19.1 Å². The van der Waals surface area contributed by atoms with Crippen molar-refractivity contribution in [2.75, 3.05) is 7.11 Å². The summed E-state index contributed by atoms with van der Waals surface area (Å²) in [4.78, 5) is 4.75. The second-order valence-electron chi connectivity index (χ2n) is 5.57. The van der Waals surface area contributed by atoms with Crippen molar-refractivity contribution in [3.05, 3.63) is 66.4 Å². The molecular weight excluding hydrogens is 300 g/mol. The first-order valence-corrected chi connectivity index (χ1v) is 7.74. The van der Waals surface area contributed by atoms with Crippen molar-refractivity contribution in [2.24, 2.45) is 0 Å². The maximum atomic E-state index is 5.56. The van der Waals surface area contributed by atoms with E-state index in [0.717, 1.165) is 39.3 Å². The molecule has 0 spiro atoms. The molecule has 24 heavy (non-hydrogen) atoms. The van der Waals surface area contributed by atoms with Crippen molar-refractivity contribution in [3.8, 4) is 28.1 Å². The number of aryl methyl sites for hydroxylation is 1. The summed E-state index contributed by atoms with van der Waals surface area (Å²) in [5.41, 5.74) is 6.05. The second kappa shape index (κ2) is 5.81. The van der Waals surface area contributed by atoms with E-state index in [-0.39, 0.29) is 0 Å². The highest BCUT2D eigenvalue weighted by Crippen LogP contribution is 2.37. The zero-order chi connectivity index (χ0) is 16.5. The molecule has 0 atom stereocenters. The van der Waals surface area contributed by atoms with Gasteiger partial charge in [-0.15, -0.1) is 0 Å². The summed E-state index contributed by atoms with van der Waals surface area (Å²) in [6, 6.07) is 20.0. The number of ether oxygens (including phenoxy) is 1. The first kappa shape index (κ1) is 14.5. The zero-order valence-corrected chi connectivity index (χ0v) is 13.5. The molecule has 0 aliphatic heterocycles. The van der Waals surface area contributed by atoms with Crippen LogP contribution in [0.2, 0.25) is 0 Å². The Morgan fingerprint density at radius 2 is 1.67 bits per heavy atom. The molecule has 0 aliphatic rings. The van der Waals surface area contributed by atoms with E-state index in [1.807, 2.05) is 67.6 Å². The third-order valence-corrected chi connectivity index (χ3v) is 4.06. The molecule has 4 aromatic rings. The lowest BCUT2D eigenvalue weighted by Crippen LogP contribution is -1.91. The van der Waals surface area contributed by atoms with Gasteiger partial charge >= 0.3 is 0 Å². The summed E-state index contributed by atoms with van der Waals surface area (Å²) in [6.07, 6.45) is 0. The lowest BCUT2D eigenvalue weighted by Gasteiger charge is -2.10. The van der Waals surface area contributed by atoms with Gasteiger partial charge in [-0.1, -0.05) is 53.7 Å². The molecule has 2 aromatic carbocycles. The van der Waals surface area contributed by atoms with E-state index in [1.165, 1.54) is 0 Å². The summed E-state index contributed by atoms with van der Waals surface area (Å²) in [5, 5.41) is 4.09. The van der Waals surface area contributed by atoms with Crippen LogP contribution in [-0.2, 0) is 0 Å². The molecule has 0 unspecified atom stereocenters. The Balaban J connectivity index is 2.04. The molecule has 4 rings (SSSR count). The van der Waals surface area contributed by atoms with Crippen LogP contribution in [-0.4, -0.2) is 17.3 Å². The Morgan fingerprint density at radius 3 is 2.46 bits per heavy atom. The van der Waals surface area contributed by atoms with Gasteiger partial charge in [-0.25, -0.2) is 4.98 Å². The zero-order valence-electron chi connectivity index (χ0n) is 13.5. The fourth-order valence-electron chi connectivity index (χ4n) is 2.85. The number of fused-ring (bicyclic) bond motifs is 1. The van der Waals surface area contributed by atoms with Gasteiger partial charge in [0.2, 0.25) is 0 Å².